The molecule has 0 aliphatic carbocycles. The number of tetrazole rings is 1. The summed E-state index contributed by atoms with van der Waals surface area (Å²) in [5.41, 5.74) is 1.30. The van der Waals surface area contributed by atoms with E-state index in [2.05, 4.69) is 20.8 Å². The van der Waals surface area contributed by atoms with Crippen LogP contribution in [-0.2, 0) is 16.1 Å². The predicted octanol–water partition coefficient (Wildman–Crippen LogP) is 1.48. The number of carbonyl (C=O) groups is 2. The third-order valence-electron chi connectivity index (χ3n) is 4.91. The van der Waals surface area contributed by atoms with Crippen LogP contribution in [0.25, 0.3) is 5.69 Å². The molecule has 0 saturated carbocycles. The van der Waals surface area contributed by atoms with Gasteiger partial charge in [0.2, 0.25) is 11.8 Å². The van der Waals surface area contributed by atoms with Crippen molar-refractivity contribution in [3.63, 3.8) is 0 Å². The van der Waals surface area contributed by atoms with E-state index in [1.165, 1.54) is 33.8 Å². The quantitative estimate of drug-likeness (QED) is 0.660. The molecule has 1 aliphatic heterocycles. The van der Waals surface area contributed by atoms with Crippen molar-refractivity contribution in [1.82, 2.24) is 25.5 Å². The lowest BCUT2D eigenvalue weighted by atomic mass is 10.1. The minimum absolute atomic E-state index is 0.0899. The van der Waals surface area contributed by atoms with Gasteiger partial charge in [-0.25, -0.2) is 4.39 Å². The number of anilines is 1. The largest absolute Gasteiger partial charge is 0.497 e. The van der Waals surface area contributed by atoms with Crippen LogP contribution in [-0.4, -0.2) is 45.7 Å². The number of hydrogen-bond donors (Lipinski definition) is 1. The van der Waals surface area contributed by atoms with Gasteiger partial charge in [0, 0.05) is 18.7 Å². The molecule has 0 spiro atoms. The fourth-order valence-electron chi connectivity index (χ4n) is 3.30. The van der Waals surface area contributed by atoms with E-state index in [-0.39, 0.29) is 37.1 Å². The Balaban J connectivity index is 1.39. The van der Waals surface area contributed by atoms with Crippen molar-refractivity contribution in [3.05, 3.63) is 60.2 Å². The molecule has 30 heavy (non-hydrogen) atoms. The predicted molar refractivity (Wildman–Crippen MR) is 104 cm³/mol. The van der Waals surface area contributed by atoms with Gasteiger partial charge >= 0.3 is 0 Å². The summed E-state index contributed by atoms with van der Waals surface area (Å²) in [5, 5.41) is 14.4. The van der Waals surface area contributed by atoms with Gasteiger partial charge in [0.15, 0.2) is 5.82 Å². The van der Waals surface area contributed by atoms with Crippen molar-refractivity contribution < 1.29 is 18.7 Å². The van der Waals surface area contributed by atoms with Gasteiger partial charge in [0.1, 0.15) is 11.6 Å². The second-order valence-corrected chi connectivity index (χ2v) is 6.80. The Hall–Kier alpha value is -3.82. The minimum Gasteiger partial charge on any atom is -0.497 e. The smallest absolute Gasteiger partial charge is 0.227 e. The Kier molecular flexibility index (Phi) is 5.38. The van der Waals surface area contributed by atoms with Gasteiger partial charge in [0.25, 0.3) is 0 Å². The summed E-state index contributed by atoms with van der Waals surface area (Å²) in [5.74, 6) is -0.171. The van der Waals surface area contributed by atoms with Gasteiger partial charge in [-0.2, -0.15) is 4.68 Å². The van der Waals surface area contributed by atoms with Crippen LogP contribution in [0.1, 0.15) is 12.2 Å². The fraction of sp³-hybridized carbons (Fsp3) is 0.250. The van der Waals surface area contributed by atoms with Crippen molar-refractivity contribution >= 4 is 17.5 Å². The lowest BCUT2D eigenvalue weighted by molar-refractivity contribution is -0.126. The maximum absolute atomic E-state index is 13.1. The number of aromatic nitrogens is 4. The highest BCUT2D eigenvalue weighted by Gasteiger charge is 2.35. The van der Waals surface area contributed by atoms with Crippen LogP contribution >= 0.6 is 0 Å². The monoisotopic (exact) mass is 410 g/mol. The molecule has 4 rings (SSSR count). The Morgan fingerprint density at radius 1 is 1.17 bits per heavy atom. The first kappa shape index (κ1) is 19.5. The normalized spacial score (nSPS) is 16.0. The maximum Gasteiger partial charge on any atom is 0.227 e. The maximum atomic E-state index is 13.1. The molecule has 3 aromatic rings. The molecule has 9 nitrogen and oxygen atoms in total. The summed E-state index contributed by atoms with van der Waals surface area (Å²) in [4.78, 5) is 26.4. The van der Waals surface area contributed by atoms with Gasteiger partial charge in [-0.1, -0.05) is 0 Å². The van der Waals surface area contributed by atoms with Crippen LogP contribution in [0.4, 0.5) is 10.1 Å². The van der Waals surface area contributed by atoms with Crippen molar-refractivity contribution in [3.8, 4) is 11.4 Å². The SMILES string of the molecule is COc1ccc(-n2nnnc2CNC(=O)C2CC(=O)N(c3ccc(F)cc3)C2)cc1. The van der Waals surface area contributed by atoms with Gasteiger partial charge in [-0.3, -0.25) is 9.59 Å². The Labute approximate surface area is 171 Å². The molecule has 2 aromatic carbocycles. The Morgan fingerprint density at radius 2 is 1.87 bits per heavy atom. The van der Waals surface area contributed by atoms with E-state index >= 15 is 0 Å². The summed E-state index contributed by atoms with van der Waals surface area (Å²) in [6.45, 7) is 0.346. The number of nitrogens with zero attached hydrogens (tertiary/aromatic N) is 5. The summed E-state index contributed by atoms with van der Waals surface area (Å²) >= 11 is 0. The van der Waals surface area contributed by atoms with Crippen LogP contribution in [0.15, 0.2) is 48.5 Å². The molecule has 1 atom stereocenters. The molecule has 0 bridgehead atoms. The zero-order valence-corrected chi connectivity index (χ0v) is 16.2. The van der Waals surface area contributed by atoms with Crippen molar-refractivity contribution in [1.29, 1.82) is 0 Å². The molecule has 0 radical (unpaired) electrons. The lowest BCUT2D eigenvalue weighted by Crippen LogP contribution is -2.33. The summed E-state index contributed by atoms with van der Waals surface area (Å²) in [7, 11) is 1.58. The number of methoxy groups -OCH3 is 1. The summed E-state index contributed by atoms with van der Waals surface area (Å²) < 4.78 is 19.8. The second kappa shape index (κ2) is 8.27. The molecule has 10 heteroatoms. The topological polar surface area (TPSA) is 102 Å². The number of carbonyl (C=O) groups excluding carboxylic acids is 2. The molecular weight excluding hydrogens is 391 g/mol. The number of hydrogen-bond acceptors (Lipinski definition) is 6. The van der Waals surface area contributed by atoms with Gasteiger partial charge < -0.3 is 15.0 Å². The first-order valence-corrected chi connectivity index (χ1v) is 9.30. The minimum atomic E-state index is -0.507. The molecule has 2 amide bonds. The Bertz CT molecular complexity index is 1050. The first-order valence-electron chi connectivity index (χ1n) is 9.30. The highest BCUT2D eigenvalue weighted by atomic mass is 19.1. The molecule has 1 aromatic heterocycles. The summed E-state index contributed by atoms with van der Waals surface area (Å²) in [6, 6.07) is 12.8. The van der Waals surface area contributed by atoms with Crippen molar-refractivity contribution in [2.45, 2.75) is 13.0 Å². The van der Waals surface area contributed by atoms with E-state index in [0.717, 1.165) is 5.69 Å². The first-order chi connectivity index (χ1) is 14.5. The number of ether oxygens (including phenoxy) is 1. The standard InChI is InChI=1S/C20H19FN6O3/c1-30-17-8-6-16(7-9-17)27-18(23-24-25-27)11-22-20(29)13-10-19(28)26(12-13)15-4-2-14(21)3-5-15/h2-9,13H,10-12H2,1H3,(H,22,29). The molecule has 1 fully saturated rings. The third kappa shape index (κ3) is 3.97. The van der Waals surface area contributed by atoms with E-state index in [0.29, 0.717) is 17.3 Å². The zero-order chi connectivity index (χ0) is 21.1. The third-order valence-corrected chi connectivity index (χ3v) is 4.91. The average molecular weight is 410 g/mol. The Morgan fingerprint density at radius 3 is 2.57 bits per heavy atom. The molecule has 1 saturated heterocycles. The molecule has 2 heterocycles. The number of nitrogens with one attached hydrogen (secondary N) is 1. The number of halogens is 1. The zero-order valence-electron chi connectivity index (χ0n) is 16.2. The second-order valence-electron chi connectivity index (χ2n) is 6.80. The van der Waals surface area contributed by atoms with Gasteiger partial charge in [0.05, 0.1) is 25.3 Å². The van der Waals surface area contributed by atoms with Gasteiger partial charge in [-0.15, -0.1) is 5.10 Å². The summed E-state index contributed by atoms with van der Waals surface area (Å²) in [6.07, 6.45) is 0.0899. The van der Waals surface area contributed by atoms with E-state index in [4.69, 9.17) is 4.74 Å². The van der Waals surface area contributed by atoms with Crippen molar-refractivity contribution in [2.24, 2.45) is 5.92 Å². The van der Waals surface area contributed by atoms with Crippen LogP contribution in [0.3, 0.4) is 0 Å². The highest BCUT2D eigenvalue weighted by Crippen LogP contribution is 2.25. The van der Waals surface area contributed by atoms with E-state index in [1.807, 2.05) is 0 Å². The average Bonchev–Trinajstić information content (AvgIpc) is 3.39. The number of amides is 2. The lowest BCUT2D eigenvalue weighted by Gasteiger charge is -2.16. The molecule has 154 valence electrons. The van der Waals surface area contributed by atoms with Crippen LogP contribution in [0.2, 0.25) is 0 Å². The van der Waals surface area contributed by atoms with Crippen LogP contribution in [0.5, 0.6) is 5.75 Å². The molecule has 1 N–H and O–H groups in total. The number of benzene rings is 2. The molecule has 1 unspecified atom stereocenters. The molecule has 1 aliphatic rings. The molecular formula is C20H19FN6O3. The van der Waals surface area contributed by atoms with Crippen molar-refractivity contribution in [2.75, 3.05) is 18.6 Å². The number of rotatable bonds is 6. The fourth-order valence-corrected chi connectivity index (χ4v) is 3.30. The van der Waals surface area contributed by atoms with E-state index in [9.17, 15) is 14.0 Å². The van der Waals surface area contributed by atoms with Crippen LogP contribution < -0.4 is 15.0 Å². The van der Waals surface area contributed by atoms with Gasteiger partial charge in [-0.05, 0) is 59.0 Å². The van der Waals surface area contributed by atoms with E-state index in [1.54, 1.807) is 31.4 Å². The van der Waals surface area contributed by atoms with Crippen LogP contribution in [0, 0.1) is 11.7 Å². The highest BCUT2D eigenvalue weighted by molar-refractivity contribution is 6.00. The van der Waals surface area contributed by atoms with E-state index < -0.39 is 5.92 Å².